The summed E-state index contributed by atoms with van der Waals surface area (Å²) in [6.45, 7) is 5.55. The maximum Gasteiger partial charge on any atom is 0.148 e. The molecule has 4 rings (SSSR count). The Morgan fingerprint density at radius 1 is 0.935 bits per heavy atom. The second kappa shape index (κ2) is 9.77. The van der Waals surface area contributed by atoms with E-state index in [1.165, 1.54) is 5.56 Å². The maximum absolute atomic E-state index is 10.6. The van der Waals surface area contributed by atoms with E-state index in [1.807, 2.05) is 78.2 Å². The molecule has 0 radical (unpaired) electrons. The van der Waals surface area contributed by atoms with Crippen LogP contribution in [0.3, 0.4) is 0 Å². The van der Waals surface area contributed by atoms with Gasteiger partial charge in [-0.05, 0) is 43.2 Å². The number of para-hydroxylation sites is 2. The van der Waals surface area contributed by atoms with E-state index in [-0.39, 0.29) is 6.61 Å². The van der Waals surface area contributed by atoms with Crippen LogP contribution in [0.5, 0.6) is 5.75 Å². The molecular formula is C26H28N2O3. The van der Waals surface area contributed by atoms with Crippen molar-refractivity contribution in [3.8, 4) is 5.75 Å². The minimum Gasteiger partial charge on any atom is -0.485 e. The summed E-state index contributed by atoms with van der Waals surface area (Å²) >= 11 is 0. The van der Waals surface area contributed by atoms with E-state index < -0.39 is 6.10 Å². The fourth-order valence-electron chi connectivity index (χ4n) is 3.69. The Hall–Kier alpha value is -3.15. The van der Waals surface area contributed by atoms with Gasteiger partial charge in [-0.25, -0.2) is 4.98 Å². The third-order valence-corrected chi connectivity index (χ3v) is 5.24. The highest BCUT2D eigenvalue weighted by molar-refractivity contribution is 5.75. The van der Waals surface area contributed by atoms with Crippen LogP contribution in [-0.2, 0) is 24.5 Å². The Morgan fingerprint density at radius 2 is 1.71 bits per heavy atom. The third-order valence-electron chi connectivity index (χ3n) is 5.24. The van der Waals surface area contributed by atoms with Crippen LogP contribution in [0.25, 0.3) is 11.0 Å². The van der Waals surface area contributed by atoms with Crippen LogP contribution in [0.1, 0.15) is 22.5 Å². The van der Waals surface area contributed by atoms with Crippen molar-refractivity contribution in [1.29, 1.82) is 0 Å². The van der Waals surface area contributed by atoms with Gasteiger partial charge in [-0.2, -0.15) is 0 Å². The normalized spacial score (nSPS) is 12.2. The molecule has 160 valence electrons. The van der Waals surface area contributed by atoms with Crippen LogP contribution in [0.2, 0.25) is 0 Å². The molecule has 1 unspecified atom stereocenters. The number of hydrogen-bond acceptors (Lipinski definition) is 4. The summed E-state index contributed by atoms with van der Waals surface area (Å²) in [5.41, 5.74) is 5.25. The Morgan fingerprint density at radius 3 is 2.52 bits per heavy atom. The lowest BCUT2D eigenvalue weighted by Crippen LogP contribution is -2.23. The third kappa shape index (κ3) is 5.32. The monoisotopic (exact) mass is 416 g/mol. The number of imidazole rings is 1. The van der Waals surface area contributed by atoms with Crippen molar-refractivity contribution in [2.75, 3.05) is 6.61 Å². The highest BCUT2D eigenvalue weighted by Gasteiger charge is 2.15. The predicted molar refractivity (Wildman–Crippen MR) is 122 cm³/mol. The maximum atomic E-state index is 10.6. The number of nitrogens with zero attached hydrogens (tertiary/aromatic N) is 2. The molecule has 0 bridgehead atoms. The molecule has 3 aromatic carbocycles. The van der Waals surface area contributed by atoms with Crippen LogP contribution >= 0.6 is 0 Å². The molecule has 5 nitrogen and oxygen atoms in total. The van der Waals surface area contributed by atoms with Crippen LogP contribution in [0.15, 0.2) is 72.8 Å². The number of hydrogen-bond donors (Lipinski definition) is 1. The Bertz CT molecular complexity index is 1140. The van der Waals surface area contributed by atoms with Gasteiger partial charge in [0.1, 0.15) is 18.2 Å². The zero-order chi connectivity index (χ0) is 21.6. The standard InChI is InChI=1S/C26H28N2O3/c1-19-12-13-25(20(2)14-19)31-18-26-27-23-10-6-7-11-24(23)28(26)15-22(29)17-30-16-21-8-4-3-5-9-21/h3-14,22,29H,15-18H2,1-2H3. The highest BCUT2D eigenvalue weighted by Crippen LogP contribution is 2.22. The number of ether oxygens (including phenoxy) is 2. The lowest BCUT2D eigenvalue weighted by molar-refractivity contribution is 0.0202. The molecule has 0 aliphatic carbocycles. The van der Waals surface area contributed by atoms with E-state index in [4.69, 9.17) is 14.5 Å². The number of aliphatic hydroxyl groups excluding tert-OH is 1. The lowest BCUT2D eigenvalue weighted by Gasteiger charge is -2.16. The first-order valence-corrected chi connectivity index (χ1v) is 10.5. The number of rotatable bonds is 9. The molecule has 1 heterocycles. The minimum atomic E-state index is -0.652. The SMILES string of the molecule is Cc1ccc(OCc2nc3ccccc3n2CC(O)COCc2ccccc2)c(C)c1. The van der Waals surface area contributed by atoms with Crippen molar-refractivity contribution in [3.63, 3.8) is 0 Å². The quantitative estimate of drug-likeness (QED) is 0.425. The van der Waals surface area contributed by atoms with E-state index in [0.717, 1.165) is 33.7 Å². The summed E-state index contributed by atoms with van der Waals surface area (Å²) in [6, 6.07) is 24.0. The first-order chi connectivity index (χ1) is 15.1. The topological polar surface area (TPSA) is 56.5 Å². The van der Waals surface area contributed by atoms with Gasteiger partial charge in [-0.3, -0.25) is 0 Å². The van der Waals surface area contributed by atoms with Gasteiger partial charge in [0.2, 0.25) is 0 Å². The summed E-state index contributed by atoms with van der Waals surface area (Å²) < 4.78 is 13.8. The van der Waals surface area contributed by atoms with Crippen molar-refractivity contribution < 1.29 is 14.6 Å². The van der Waals surface area contributed by atoms with Gasteiger partial charge in [0.25, 0.3) is 0 Å². The highest BCUT2D eigenvalue weighted by atomic mass is 16.5. The molecule has 1 N–H and O–H groups in total. The minimum absolute atomic E-state index is 0.249. The summed E-state index contributed by atoms with van der Waals surface area (Å²) in [4.78, 5) is 4.74. The second-order valence-corrected chi connectivity index (χ2v) is 7.84. The second-order valence-electron chi connectivity index (χ2n) is 7.84. The summed E-state index contributed by atoms with van der Waals surface area (Å²) in [5, 5.41) is 10.6. The van der Waals surface area contributed by atoms with E-state index in [9.17, 15) is 5.11 Å². The van der Waals surface area contributed by atoms with Gasteiger partial charge >= 0.3 is 0 Å². The molecule has 0 saturated carbocycles. The van der Waals surface area contributed by atoms with Crippen molar-refractivity contribution in [3.05, 3.63) is 95.3 Å². The molecule has 31 heavy (non-hydrogen) atoms. The first-order valence-electron chi connectivity index (χ1n) is 10.5. The van der Waals surface area contributed by atoms with Gasteiger partial charge in [0.15, 0.2) is 0 Å². The molecule has 1 aromatic heterocycles. The van der Waals surface area contributed by atoms with Gasteiger partial charge in [0.05, 0.1) is 36.9 Å². The molecule has 0 fully saturated rings. The average Bonchev–Trinajstić information content (AvgIpc) is 3.11. The van der Waals surface area contributed by atoms with Gasteiger partial charge in [-0.1, -0.05) is 60.2 Å². The molecule has 0 aliphatic rings. The molecular weight excluding hydrogens is 388 g/mol. The van der Waals surface area contributed by atoms with E-state index >= 15 is 0 Å². The summed E-state index contributed by atoms with van der Waals surface area (Å²) in [6.07, 6.45) is -0.652. The number of aliphatic hydroxyl groups is 1. The Labute approximate surface area is 182 Å². The van der Waals surface area contributed by atoms with Gasteiger partial charge < -0.3 is 19.1 Å². The number of benzene rings is 3. The van der Waals surface area contributed by atoms with Crippen LogP contribution in [0.4, 0.5) is 0 Å². The number of fused-ring (bicyclic) bond motifs is 1. The van der Waals surface area contributed by atoms with Crippen molar-refractivity contribution in [2.24, 2.45) is 0 Å². The predicted octanol–water partition coefficient (Wildman–Crippen LogP) is 4.81. The molecule has 0 aliphatic heterocycles. The zero-order valence-corrected chi connectivity index (χ0v) is 18.0. The average molecular weight is 417 g/mol. The molecule has 0 spiro atoms. The van der Waals surface area contributed by atoms with Crippen LogP contribution < -0.4 is 4.74 Å². The Kier molecular flexibility index (Phi) is 6.65. The van der Waals surface area contributed by atoms with Crippen molar-refractivity contribution in [1.82, 2.24) is 9.55 Å². The molecule has 4 aromatic rings. The molecule has 0 saturated heterocycles. The van der Waals surface area contributed by atoms with E-state index in [2.05, 4.69) is 13.0 Å². The zero-order valence-electron chi connectivity index (χ0n) is 18.0. The number of aromatic nitrogens is 2. The van der Waals surface area contributed by atoms with Crippen molar-refractivity contribution >= 4 is 11.0 Å². The summed E-state index contributed by atoms with van der Waals surface area (Å²) in [7, 11) is 0. The van der Waals surface area contributed by atoms with Gasteiger partial charge in [0, 0.05) is 0 Å². The van der Waals surface area contributed by atoms with Crippen LogP contribution in [0, 0.1) is 13.8 Å². The van der Waals surface area contributed by atoms with E-state index in [1.54, 1.807) is 0 Å². The van der Waals surface area contributed by atoms with Crippen LogP contribution in [-0.4, -0.2) is 27.4 Å². The Balaban J connectivity index is 1.45. The molecule has 0 amide bonds. The summed E-state index contributed by atoms with van der Waals surface area (Å²) in [5.74, 6) is 1.62. The van der Waals surface area contributed by atoms with E-state index in [0.29, 0.717) is 19.8 Å². The first kappa shape index (κ1) is 21.1. The lowest BCUT2D eigenvalue weighted by atomic mass is 10.1. The molecule has 1 atom stereocenters. The fraction of sp³-hybridized carbons (Fsp3) is 0.269. The largest absolute Gasteiger partial charge is 0.485 e. The molecule has 5 heteroatoms. The fourth-order valence-corrected chi connectivity index (χ4v) is 3.69. The van der Waals surface area contributed by atoms with Gasteiger partial charge in [-0.15, -0.1) is 0 Å². The van der Waals surface area contributed by atoms with Crippen molar-refractivity contribution in [2.45, 2.75) is 39.7 Å². The smallest absolute Gasteiger partial charge is 0.148 e. The number of aryl methyl sites for hydroxylation is 2.